The Bertz CT molecular complexity index is 832. The summed E-state index contributed by atoms with van der Waals surface area (Å²) < 4.78 is 21.4. The van der Waals surface area contributed by atoms with Crippen LogP contribution in [0, 0.1) is 18.8 Å². The second kappa shape index (κ2) is 11.0. The lowest BCUT2D eigenvalue weighted by Crippen LogP contribution is -2.38. The van der Waals surface area contributed by atoms with Crippen LogP contribution in [0.1, 0.15) is 53.7 Å². The first-order valence-corrected chi connectivity index (χ1v) is 11.4. The van der Waals surface area contributed by atoms with Crippen molar-refractivity contribution < 1.29 is 33.6 Å². The summed E-state index contributed by atoms with van der Waals surface area (Å²) in [6.07, 6.45) is 1.57. The summed E-state index contributed by atoms with van der Waals surface area (Å²) >= 11 is 0. The molecule has 1 aromatic carbocycles. The molecular weight excluding hydrogens is 414 g/mol. The maximum atomic E-state index is 12.2. The normalized spacial score (nSPS) is 18.1. The van der Waals surface area contributed by atoms with E-state index in [-0.39, 0.29) is 35.7 Å². The summed E-state index contributed by atoms with van der Waals surface area (Å²) in [4.78, 5) is 26.5. The molecule has 1 fully saturated rings. The van der Waals surface area contributed by atoms with Crippen molar-refractivity contribution in [3.8, 4) is 11.5 Å². The average Bonchev–Trinajstić information content (AvgIpc) is 3.18. The van der Waals surface area contributed by atoms with Crippen LogP contribution in [0.4, 0.5) is 0 Å². The van der Waals surface area contributed by atoms with Crippen molar-refractivity contribution in [1.29, 1.82) is 0 Å². The van der Waals surface area contributed by atoms with Crippen molar-refractivity contribution in [3.05, 3.63) is 22.3 Å². The number of esters is 2. The predicted molar refractivity (Wildman–Crippen MR) is 118 cm³/mol. The molecule has 32 heavy (non-hydrogen) atoms. The van der Waals surface area contributed by atoms with Gasteiger partial charge in [-0.1, -0.05) is 13.8 Å². The zero-order chi connectivity index (χ0) is 23.3. The number of benzene rings is 1. The number of rotatable bonds is 10. The minimum atomic E-state index is -0.495. The number of carbonyl (C=O) groups is 2. The van der Waals surface area contributed by atoms with Gasteiger partial charge in [0.15, 0.2) is 0 Å². The number of hydrogen-bond donors (Lipinski definition) is 1. The Hall–Kier alpha value is -2.32. The second-order valence-electron chi connectivity index (χ2n) is 8.79. The number of morpholine rings is 1. The number of phenolic OH excluding ortho intramolecular Hbond substituents is 1. The van der Waals surface area contributed by atoms with Crippen molar-refractivity contribution in [3.63, 3.8) is 0 Å². The van der Waals surface area contributed by atoms with Gasteiger partial charge in [0.25, 0.3) is 0 Å². The molecule has 1 saturated heterocycles. The van der Waals surface area contributed by atoms with E-state index in [9.17, 15) is 14.7 Å². The predicted octanol–water partition coefficient (Wildman–Crippen LogP) is 2.85. The monoisotopic (exact) mass is 449 g/mol. The number of aromatic hydroxyl groups is 1. The van der Waals surface area contributed by atoms with Crippen LogP contribution in [0.3, 0.4) is 0 Å². The maximum Gasteiger partial charge on any atom is 0.342 e. The minimum Gasteiger partial charge on any atom is -0.507 e. The van der Waals surface area contributed by atoms with Gasteiger partial charge in [0.1, 0.15) is 30.3 Å². The molecule has 2 aliphatic heterocycles. The molecule has 3 rings (SSSR count). The molecule has 8 heteroatoms. The van der Waals surface area contributed by atoms with Crippen LogP contribution in [-0.2, 0) is 32.0 Å². The Kier molecular flexibility index (Phi) is 8.37. The summed E-state index contributed by atoms with van der Waals surface area (Å²) in [5, 5.41) is 10.8. The zero-order valence-corrected chi connectivity index (χ0v) is 19.6. The zero-order valence-electron chi connectivity index (χ0n) is 19.6. The molecule has 0 amide bonds. The molecular formula is C24H35NO7. The van der Waals surface area contributed by atoms with Gasteiger partial charge < -0.3 is 24.1 Å². The van der Waals surface area contributed by atoms with E-state index in [1.54, 1.807) is 7.11 Å². The van der Waals surface area contributed by atoms with Gasteiger partial charge in [-0.15, -0.1) is 0 Å². The SMILES string of the molecule is COc1c(C)c2c(c(O)c1CC(C)C(C)CCC(=O)OCCN1CCOCC1)C(=O)OC2. The molecule has 0 aliphatic carbocycles. The van der Waals surface area contributed by atoms with Gasteiger partial charge >= 0.3 is 11.9 Å². The Morgan fingerprint density at radius 3 is 2.62 bits per heavy atom. The molecule has 1 aromatic rings. The third-order valence-electron chi connectivity index (χ3n) is 6.72. The van der Waals surface area contributed by atoms with Gasteiger partial charge in [0.05, 0.1) is 20.3 Å². The summed E-state index contributed by atoms with van der Waals surface area (Å²) in [5.74, 6) is 0.240. The molecule has 0 radical (unpaired) electrons. The molecule has 8 nitrogen and oxygen atoms in total. The van der Waals surface area contributed by atoms with Crippen LogP contribution in [-0.4, -0.2) is 68.5 Å². The van der Waals surface area contributed by atoms with E-state index in [0.29, 0.717) is 42.7 Å². The van der Waals surface area contributed by atoms with Crippen LogP contribution in [0.25, 0.3) is 0 Å². The van der Waals surface area contributed by atoms with E-state index < -0.39 is 5.97 Å². The Labute approximate surface area is 189 Å². The molecule has 2 aliphatic rings. The van der Waals surface area contributed by atoms with E-state index >= 15 is 0 Å². The Morgan fingerprint density at radius 2 is 1.94 bits per heavy atom. The standard InChI is InChI=1S/C24H35NO7/c1-15(5-6-20(26)31-12-9-25-7-10-30-11-8-25)16(2)13-18-22(27)21-19(14-32-24(21)28)17(3)23(18)29-4/h15-16,27H,5-14H2,1-4H3. The Balaban J connectivity index is 1.52. The highest BCUT2D eigenvalue weighted by atomic mass is 16.5. The van der Waals surface area contributed by atoms with Crippen molar-refractivity contribution >= 4 is 11.9 Å². The number of methoxy groups -OCH3 is 1. The van der Waals surface area contributed by atoms with Crippen molar-refractivity contribution in [2.24, 2.45) is 11.8 Å². The smallest absolute Gasteiger partial charge is 0.342 e. The first kappa shape index (κ1) is 24.3. The summed E-state index contributed by atoms with van der Waals surface area (Å²) in [6.45, 7) is 10.6. The largest absolute Gasteiger partial charge is 0.507 e. The third kappa shape index (κ3) is 5.53. The van der Waals surface area contributed by atoms with E-state index in [1.807, 2.05) is 6.92 Å². The first-order valence-electron chi connectivity index (χ1n) is 11.4. The van der Waals surface area contributed by atoms with Crippen LogP contribution < -0.4 is 4.74 Å². The lowest BCUT2D eigenvalue weighted by molar-refractivity contribution is -0.144. The molecule has 0 spiro atoms. The molecule has 2 atom stereocenters. The number of carbonyl (C=O) groups excluding carboxylic acids is 2. The molecule has 178 valence electrons. The van der Waals surface area contributed by atoms with Gasteiger partial charge in [-0.25, -0.2) is 4.79 Å². The quantitative estimate of drug-likeness (QED) is 0.545. The van der Waals surface area contributed by atoms with Crippen LogP contribution in [0.2, 0.25) is 0 Å². The van der Waals surface area contributed by atoms with E-state index in [2.05, 4.69) is 18.7 Å². The number of phenols is 1. The number of cyclic esters (lactones) is 1. The van der Waals surface area contributed by atoms with Crippen molar-refractivity contribution in [2.75, 3.05) is 46.6 Å². The van der Waals surface area contributed by atoms with Gasteiger partial charge in [-0.3, -0.25) is 9.69 Å². The topological polar surface area (TPSA) is 94.5 Å². The highest BCUT2D eigenvalue weighted by molar-refractivity contribution is 5.98. The molecule has 0 aromatic heterocycles. The Morgan fingerprint density at radius 1 is 1.22 bits per heavy atom. The molecule has 2 unspecified atom stereocenters. The molecule has 0 bridgehead atoms. The number of hydrogen-bond acceptors (Lipinski definition) is 8. The molecule has 1 N–H and O–H groups in total. The lowest BCUT2D eigenvalue weighted by atomic mass is 9.84. The number of nitrogens with zero attached hydrogens (tertiary/aromatic N) is 1. The van der Waals surface area contributed by atoms with Crippen LogP contribution in [0.15, 0.2) is 0 Å². The minimum absolute atomic E-state index is 0.0495. The average molecular weight is 450 g/mol. The highest BCUT2D eigenvalue weighted by Gasteiger charge is 2.33. The fourth-order valence-corrected chi connectivity index (χ4v) is 4.37. The summed E-state index contributed by atoms with van der Waals surface area (Å²) in [6, 6.07) is 0. The van der Waals surface area contributed by atoms with Crippen LogP contribution >= 0.6 is 0 Å². The van der Waals surface area contributed by atoms with E-state index in [4.69, 9.17) is 18.9 Å². The number of fused-ring (bicyclic) bond motifs is 1. The summed E-state index contributed by atoms with van der Waals surface area (Å²) in [7, 11) is 1.57. The van der Waals surface area contributed by atoms with Crippen molar-refractivity contribution in [1.82, 2.24) is 4.90 Å². The first-order chi connectivity index (χ1) is 15.3. The maximum absolute atomic E-state index is 12.2. The van der Waals surface area contributed by atoms with Gasteiger partial charge in [0.2, 0.25) is 0 Å². The number of ether oxygens (including phenoxy) is 4. The second-order valence-corrected chi connectivity index (χ2v) is 8.79. The fourth-order valence-electron chi connectivity index (χ4n) is 4.37. The summed E-state index contributed by atoms with van der Waals surface area (Å²) in [5.41, 5.74) is 2.38. The fraction of sp³-hybridized carbons (Fsp3) is 0.667. The third-order valence-corrected chi connectivity index (χ3v) is 6.72. The van der Waals surface area contributed by atoms with Gasteiger partial charge in [0, 0.05) is 37.2 Å². The van der Waals surface area contributed by atoms with Gasteiger partial charge in [-0.2, -0.15) is 0 Å². The van der Waals surface area contributed by atoms with Crippen LogP contribution in [0.5, 0.6) is 11.5 Å². The van der Waals surface area contributed by atoms with Crippen molar-refractivity contribution in [2.45, 2.75) is 46.6 Å². The van der Waals surface area contributed by atoms with E-state index in [1.165, 1.54) is 0 Å². The molecule has 0 saturated carbocycles. The highest BCUT2D eigenvalue weighted by Crippen LogP contribution is 2.43. The lowest BCUT2D eigenvalue weighted by Gasteiger charge is -2.26. The molecule has 2 heterocycles. The van der Waals surface area contributed by atoms with Gasteiger partial charge in [-0.05, 0) is 37.2 Å². The van der Waals surface area contributed by atoms with E-state index in [0.717, 1.165) is 38.4 Å².